The Morgan fingerprint density at radius 3 is 2.95 bits per heavy atom. The van der Waals surface area contributed by atoms with Crippen LogP contribution < -0.4 is 11.1 Å². The van der Waals surface area contributed by atoms with E-state index < -0.39 is 0 Å². The average molecular weight is 272 g/mol. The molecule has 5 nitrogen and oxygen atoms in total. The van der Waals surface area contributed by atoms with Crippen LogP contribution in [0.2, 0.25) is 0 Å². The standard InChI is InChI=1S/C15H20N4O/c16-12-6-4-11(5-7-12)9-17-15(20)13-10-18-19-8-2-1-3-14(13)19/h1-3,8,10-12H,4-7,9,16H2,(H,17,20). The number of hydrogen-bond acceptors (Lipinski definition) is 3. The van der Waals surface area contributed by atoms with Gasteiger partial charge in [0, 0.05) is 18.8 Å². The summed E-state index contributed by atoms with van der Waals surface area (Å²) in [7, 11) is 0. The lowest BCUT2D eigenvalue weighted by atomic mass is 9.86. The number of nitrogens with two attached hydrogens (primary N) is 1. The SMILES string of the molecule is NC1CCC(CNC(=O)c2cnn3ccccc23)CC1. The molecule has 20 heavy (non-hydrogen) atoms. The van der Waals surface area contributed by atoms with E-state index in [1.54, 1.807) is 10.7 Å². The Balaban J connectivity index is 1.62. The second kappa shape index (κ2) is 5.63. The quantitative estimate of drug-likeness (QED) is 0.891. The van der Waals surface area contributed by atoms with Crippen molar-refractivity contribution in [3.8, 4) is 0 Å². The van der Waals surface area contributed by atoms with Gasteiger partial charge >= 0.3 is 0 Å². The molecule has 106 valence electrons. The van der Waals surface area contributed by atoms with Gasteiger partial charge in [0.2, 0.25) is 0 Å². The van der Waals surface area contributed by atoms with Gasteiger partial charge < -0.3 is 11.1 Å². The first kappa shape index (κ1) is 13.1. The molecule has 1 aliphatic carbocycles. The van der Waals surface area contributed by atoms with Crippen LogP contribution in [-0.4, -0.2) is 28.1 Å². The third-order valence-electron chi connectivity index (χ3n) is 4.11. The third-order valence-corrected chi connectivity index (χ3v) is 4.11. The molecule has 0 spiro atoms. The molecule has 0 unspecified atom stereocenters. The van der Waals surface area contributed by atoms with Gasteiger partial charge in [-0.2, -0.15) is 5.10 Å². The summed E-state index contributed by atoms with van der Waals surface area (Å²) in [6.07, 6.45) is 7.82. The van der Waals surface area contributed by atoms with Crippen molar-refractivity contribution in [1.29, 1.82) is 0 Å². The van der Waals surface area contributed by atoms with E-state index in [4.69, 9.17) is 5.73 Å². The fourth-order valence-corrected chi connectivity index (χ4v) is 2.83. The first-order valence-corrected chi connectivity index (χ1v) is 7.20. The fraction of sp³-hybridized carbons (Fsp3) is 0.467. The van der Waals surface area contributed by atoms with Gasteiger partial charge in [-0.15, -0.1) is 0 Å². The first-order valence-electron chi connectivity index (χ1n) is 7.20. The molecule has 0 aliphatic heterocycles. The molecule has 2 heterocycles. The molecule has 0 atom stereocenters. The van der Waals surface area contributed by atoms with Crippen molar-refractivity contribution in [2.24, 2.45) is 11.7 Å². The number of pyridine rings is 1. The molecule has 1 amide bonds. The lowest BCUT2D eigenvalue weighted by Crippen LogP contribution is -2.34. The van der Waals surface area contributed by atoms with Crippen LogP contribution in [0, 0.1) is 5.92 Å². The van der Waals surface area contributed by atoms with Gasteiger partial charge in [-0.25, -0.2) is 4.52 Å². The number of nitrogens with one attached hydrogen (secondary N) is 1. The minimum atomic E-state index is -0.0407. The van der Waals surface area contributed by atoms with Crippen molar-refractivity contribution < 1.29 is 4.79 Å². The number of amides is 1. The maximum absolute atomic E-state index is 12.2. The van der Waals surface area contributed by atoms with Crippen LogP contribution in [0.3, 0.4) is 0 Å². The molecule has 0 aromatic carbocycles. The molecule has 1 saturated carbocycles. The summed E-state index contributed by atoms with van der Waals surface area (Å²) >= 11 is 0. The number of aromatic nitrogens is 2. The highest BCUT2D eigenvalue weighted by molar-refractivity contribution is 6.00. The number of carbonyl (C=O) groups excluding carboxylic acids is 1. The summed E-state index contributed by atoms with van der Waals surface area (Å²) in [6, 6.07) is 6.06. The van der Waals surface area contributed by atoms with Crippen molar-refractivity contribution in [2.75, 3.05) is 6.54 Å². The van der Waals surface area contributed by atoms with E-state index in [-0.39, 0.29) is 5.91 Å². The fourth-order valence-electron chi connectivity index (χ4n) is 2.83. The summed E-state index contributed by atoms with van der Waals surface area (Å²) in [5, 5.41) is 7.21. The predicted octanol–water partition coefficient (Wildman–Crippen LogP) is 1.58. The Bertz CT molecular complexity index is 599. The molecular weight excluding hydrogens is 252 g/mol. The van der Waals surface area contributed by atoms with Crippen molar-refractivity contribution in [1.82, 2.24) is 14.9 Å². The highest BCUT2D eigenvalue weighted by atomic mass is 16.1. The van der Waals surface area contributed by atoms with E-state index in [0.717, 1.165) is 37.7 Å². The Morgan fingerprint density at radius 2 is 2.15 bits per heavy atom. The monoisotopic (exact) mass is 272 g/mol. The zero-order chi connectivity index (χ0) is 13.9. The highest BCUT2D eigenvalue weighted by Crippen LogP contribution is 2.22. The zero-order valence-corrected chi connectivity index (χ0v) is 11.5. The highest BCUT2D eigenvalue weighted by Gasteiger charge is 2.20. The maximum atomic E-state index is 12.2. The van der Waals surface area contributed by atoms with Crippen LogP contribution in [0.25, 0.3) is 5.52 Å². The van der Waals surface area contributed by atoms with Gasteiger partial charge in [-0.05, 0) is 43.7 Å². The third kappa shape index (κ3) is 2.67. The lowest BCUT2D eigenvalue weighted by Gasteiger charge is -2.26. The van der Waals surface area contributed by atoms with Crippen molar-refractivity contribution >= 4 is 11.4 Å². The first-order chi connectivity index (χ1) is 9.74. The van der Waals surface area contributed by atoms with E-state index in [9.17, 15) is 4.79 Å². The summed E-state index contributed by atoms with van der Waals surface area (Å²) in [5.41, 5.74) is 7.37. The van der Waals surface area contributed by atoms with E-state index >= 15 is 0 Å². The second-order valence-corrected chi connectivity index (χ2v) is 5.58. The molecule has 3 rings (SSSR count). The summed E-state index contributed by atoms with van der Waals surface area (Å²) in [5.74, 6) is 0.515. The van der Waals surface area contributed by atoms with Gasteiger partial charge in [0.05, 0.1) is 17.3 Å². The van der Waals surface area contributed by atoms with E-state index in [2.05, 4.69) is 10.4 Å². The van der Waals surface area contributed by atoms with E-state index in [0.29, 0.717) is 17.5 Å². The van der Waals surface area contributed by atoms with Gasteiger partial charge in [-0.3, -0.25) is 4.79 Å². The Hall–Kier alpha value is -1.88. The molecule has 2 aromatic heterocycles. The number of rotatable bonds is 3. The molecule has 1 aliphatic rings. The number of carbonyl (C=O) groups is 1. The van der Waals surface area contributed by atoms with E-state index in [1.807, 2.05) is 24.4 Å². The van der Waals surface area contributed by atoms with Crippen LogP contribution in [0.4, 0.5) is 0 Å². The largest absolute Gasteiger partial charge is 0.352 e. The number of nitrogens with zero attached hydrogens (tertiary/aromatic N) is 2. The molecule has 5 heteroatoms. The molecule has 0 radical (unpaired) electrons. The van der Waals surface area contributed by atoms with Crippen molar-refractivity contribution in [3.63, 3.8) is 0 Å². The van der Waals surface area contributed by atoms with Crippen LogP contribution in [0.15, 0.2) is 30.6 Å². The summed E-state index contributed by atoms with van der Waals surface area (Å²) in [6.45, 7) is 0.732. The zero-order valence-electron chi connectivity index (χ0n) is 11.5. The Kier molecular flexibility index (Phi) is 3.69. The lowest BCUT2D eigenvalue weighted by molar-refractivity contribution is 0.0944. The average Bonchev–Trinajstić information content (AvgIpc) is 2.90. The maximum Gasteiger partial charge on any atom is 0.255 e. The number of fused-ring (bicyclic) bond motifs is 1. The molecule has 3 N–H and O–H groups in total. The van der Waals surface area contributed by atoms with Crippen LogP contribution in [0.1, 0.15) is 36.0 Å². The molecule has 0 saturated heterocycles. The minimum Gasteiger partial charge on any atom is -0.352 e. The minimum absolute atomic E-state index is 0.0407. The molecular formula is C15H20N4O. The van der Waals surface area contributed by atoms with Crippen LogP contribution in [-0.2, 0) is 0 Å². The second-order valence-electron chi connectivity index (χ2n) is 5.58. The molecule has 1 fully saturated rings. The normalized spacial score (nSPS) is 22.9. The van der Waals surface area contributed by atoms with Crippen molar-refractivity contribution in [3.05, 3.63) is 36.2 Å². The smallest absolute Gasteiger partial charge is 0.255 e. The van der Waals surface area contributed by atoms with Gasteiger partial charge in [0.15, 0.2) is 0 Å². The summed E-state index contributed by atoms with van der Waals surface area (Å²) in [4.78, 5) is 12.2. The number of hydrogen-bond donors (Lipinski definition) is 2. The van der Waals surface area contributed by atoms with Crippen LogP contribution >= 0.6 is 0 Å². The van der Waals surface area contributed by atoms with Gasteiger partial charge in [0.25, 0.3) is 5.91 Å². The van der Waals surface area contributed by atoms with Crippen molar-refractivity contribution in [2.45, 2.75) is 31.7 Å². The van der Waals surface area contributed by atoms with Gasteiger partial charge in [0.1, 0.15) is 0 Å². The Labute approximate surface area is 118 Å². The predicted molar refractivity (Wildman–Crippen MR) is 77.5 cm³/mol. The summed E-state index contributed by atoms with van der Waals surface area (Å²) < 4.78 is 1.72. The molecule has 2 aromatic rings. The molecule has 0 bridgehead atoms. The topological polar surface area (TPSA) is 72.4 Å². The van der Waals surface area contributed by atoms with E-state index in [1.165, 1.54) is 0 Å². The van der Waals surface area contributed by atoms with Gasteiger partial charge in [-0.1, -0.05) is 6.07 Å². The Morgan fingerprint density at radius 1 is 1.35 bits per heavy atom. The van der Waals surface area contributed by atoms with Crippen LogP contribution in [0.5, 0.6) is 0 Å².